The Morgan fingerprint density at radius 3 is 2.11 bits per heavy atom. The Hall–Kier alpha value is -3.51. The average molecular weight is 633 g/mol. The van der Waals surface area contributed by atoms with E-state index in [9.17, 15) is 18.3 Å². The van der Waals surface area contributed by atoms with Crippen LogP contribution in [-0.2, 0) is 37.4 Å². The minimum absolute atomic E-state index is 0.0268. The lowest BCUT2D eigenvalue weighted by atomic mass is 9.91. The lowest BCUT2D eigenvalue weighted by Gasteiger charge is -2.41. The molecule has 0 spiro atoms. The Kier molecular flexibility index (Phi) is 10.5. The number of rotatable bonds is 11. The lowest BCUT2D eigenvalue weighted by molar-refractivity contribution is -0.268. The highest BCUT2D eigenvalue weighted by molar-refractivity contribution is 7.99. The zero-order chi connectivity index (χ0) is 31.1. The van der Waals surface area contributed by atoms with Crippen molar-refractivity contribution in [1.29, 1.82) is 0 Å². The van der Waals surface area contributed by atoms with Crippen molar-refractivity contribution in [3.8, 4) is 0 Å². The van der Waals surface area contributed by atoms with Gasteiger partial charge in [-0.25, -0.2) is 13.1 Å². The van der Waals surface area contributed by atoms with Crippen LogP contribution in [0, 0.1) is 5.92 Å². The average Bonchev–Trinajstić information content (AvgIpc) is 3.04. The van der Waals surface area contributed by atoms with Crippen LogP contribution in [0.5, 0.6) is 0 Å². The van der Waals surface area contributed by atoms with E-state index in [0.717, 1.165) is 32.8 Å². The smallest absolute Gasteiger partial charge is 0.240 e. The number of carbonyl (C=O) groups excluding carboxylic acids is 1. The Balaban J connectivity index is 1.30. The second-order valence-electron chi connectivity index (χ2n) is 10.7. The summed E-state index contributed by atoms with van der Waals surface area (Å²) in [6, 6.07) is 31.4. The van der Waals surface area contributed by atoms with Gasteiger partial charge >= 0.3 is 0 Å². The van der Waals surface area contributed by atoms with Gasteiger partial charge in [0.15, 0.2) is 6.29 Å². The van der Waals surface area contributed by atoms with Crippen LogP contribution >= 0.6 is 11.8 Å². The summed E-state index contributed by atoms with van der Waals surface area (Å²) in [5, 5.41) is 12.3. The maximum Gasteiger partial charge on any atom is 0.240 e. The monoisotopic (exact) mass is 632 g/mol. The van der Waals surface area contributed by atoms with Gasteiger partial charge in [0.2, 0.25) is 15.9 Å². The van der Waals surface area contributed by atoms with Crippen molar-refractivity contribution in [2.45, 2.75) is 55.3 Å². The van der Waals surface area contributed by atoms with Crippen molar-refractivity contribution in [1.82, 2.24) is 4.72 Å². The van der Waals surface area contributed by atoms with Crippen LogP contribution in [0.4, 0.5) is 5.69 Å². The topological polar surface area (TPSA) is 114 Å². The summed E-state index contributed by atoms with van der Waals surface area (Å²) in [6.07, 6.45) is -1.02. The number of aliphatic hydroxyl groups is 1. The third-order valence-corrected chi connectivity index (χ3v) is 10.0. The van der Waals surface area contributed by atoms with Crippen molar-refractivity contribution in [2.24, 2.45) is 5.92 Å². The van der Waals surface area contributed by atoms with Crippen LogP contribution in [-0.4, -0.2) is 31.3 Å². The van der Waals surface area contributed by atoms with Gasteiger partial charge < -0.3 is 19.9 Å². The van der Waals surface area contributed by atoms with E-state index >= 15 is 0 Å². The zero-order valence-corrected chi connectivity index (χ0v) is 26.2. The van der Waals surface area contributed by atoms with Crippen molar-refractivity contribution in [2.75, 3.05) is 11.1 Å². The highest BCUT2D eigenvalue weighted by Gasteiger charge is 2.38. The van der Waals surface area contributed by atoms with Crippen LogP contribution in [0.25, 0.3) is 0 Å². The fraction of sp³-hybridized carbons (Fsp3) is 0.265. The molecule has 4 aromatic carbocycles. The van der Waals surface area contributed by atoms with Crippen LogP contribution in [0.1, 0.15) is 48.5 Å². The molecule has 4 atom stereocenters. The Bertz CT molecular complexity index is 1630. The number of amides is 1. The number of carbonyl (C=O) groups is 1. The SMILES string of the molecule is CC(=O)Nc1ccc(SC[C@H]2OC(c3ccc(CNS(=O)(=O)c4ccccc4)cc3)O[C@@H](c3ccc(CO)cc3)[C@H]2C)cc1. The number of thioether (sulfide) groups is 1. The summed E-state index contributed by atoms with van der Waals surface area (Å²) in [7, 11) is -3.62. The van der Waals surface area contributed by atoms with E-state index in [0.29, 0.717) is 5.75 Å². The summed E-state index contributed by atoms with van der Waals surface area (Å²) >= 11 is 1.68. The molecular formula is C34H36N2O6S2. The van der Waals surface area contributed by atoms with Gasteiger partial charge in [-0.15, -0.1) is 11.8 Å². The molecule has 44 heavy (non-hydrogen) atoms. The Morgan fingerprint density at radius 1 is 0.841 bits per heavy atom. The standard InChI is InChI=1S/C34H36N2O6S2/c1-23-32(22-43-30-18-16-29(17-19-30)36-24(2)38)41-34(42-33(23)27-12-10-26(21-37)11-13-27)28-14-8-25(9-15-28)20-35-44(39,40)31-6-4-3-5-7-31/h3-19,23,32-35,37H,20-22H2,1-2H3,(H,36,38)/t23-,32+,33+,34?/m0/s1. The molecule has 0 aliphatic carbocycles. The van der Waals surface area contributed by atoms with Crippen molar-refractivity contribution >= 4 is 33.4 Å². The molecule has 0 radical (unpaired) electrons. The molecule has 5 rings (SSSR count). The van der Waals surface area contributed by atoms with Crippen LogP contribution < -0.4 is 10.0 Å². The molecule has 1 aliphatic heterocycles. The van der Waals surface area contributed by atoms with Gasteiger partial charge in [0.05, 0.1) is 23.7 Å². The van der Waals surface area contributed by atoms with E-state index < -0.39 is 16.3 Å². The van der Waals surface area contributed by atoms with E-state index in [2.05, 4.69) is 17.0 Å². The van der Waals surface area contributed by atoms with E-state index in [-0.39, 0.29) is 42.1 Å². The van der Waals surface area contributed by atoms with Gasteiger partial charge in [0.1, 0.15) is 0 Å². The van der Waals surface area contributed by atoms with E-state index in [1.54, 1.807) is 42.1 Å². The van der Waals surface area contributed by atoms with Crippen LogP contribution in [0.15, 0.2) is 113 Å². The molecule has 1 heterocycles. The second kappa shape index (κ2) is 14.5. The highest BCUT2D eigenvalue weighted by atomic mass is 32.2. The number of ether oxygens (including phenoxy) is 2. The van der Waals surface area contributed by atoms with Gasteiger partial charge in [-0.2, -0.15) is 0 Å². The first-order chi connectivity index (χ1) is 21.2. The third kappa shape index (κ3) is 8.15. The maximum absolute atomic E-state index is 12.6. The summed E-state index contributed by atoms with van der Waals surface area (Å²) in [5.41, 5.74) is 4.23. The molecule has 4 aromatic rings. The largest absolute Gasteiger partial charge is 0.392 e. The fourth-order valence-corrected chi connectivity index (χ4v) is 7.09. The minimum Gasteiger partial charge on any atom is -0.392 e. The number of sulfonamides is 1. The number of aliphatic hydroxyl groups excluding tert-OH is 1. The highest BCUT2D eigenvalue weighted by Crippen LogP contribution is 2.43. The first-order valence-electron chi connectivity index (χ1n) is 14.4. The van der Waals surface area contributed by atoms with E-state index in [1.165, 1.54) is 6.92 Å². The van der Waals surface area contributed by atoms with Crippen LogP contribution in [0.3, 0.4) is 0 Å². The van der Waals surface area contributed by atoms with Crippen molar-refractivity contribution < 1.29 is 27.8 Å². The summed E-state index contributed by atoms with van der Waals surface area (Å²) in [5.74, 6) is 0.606. The molecule has 1 unspecified atom stereocenters. The molecule has 1 aliphatic rings. The first-order valence-corrected chi connectivity index (χ1v) is 16.8. The molecule has 10 heteroatoms. The molecule has 0 bridgehead atoms. The predicted molar refractivity (Wildman–Crippen MR) is 171 cm³/mol. The minimum atomic E-state index is -3.62. The van der Waals surface area contributed by atoms with Gasteiger partial charge in [-0.3, -0.25) is 4.79 Å². The molecule has 1 amide bonds. The number of hydrogen-bond acceptors (Lipinski definition) is 7. The summed E-state index contributed by atoms with van der Waals surface area (Å²) in [4.78, 5) is 12.6. The molecular weight excluding hydrogens is 597 g/mol. The quantitative estimate of drug-likeness (QED) is 0.169. The number of anilines is 1. The molecule has 230 valence electrons. The van der Waals surface area contributed by atoms with Crippen molar-refractivity contribution in [3.63, 3.8) is 0 Å². The number of benzene rings is 4. The van der Waals surface area contributed by atoms with E-state index in [4.69, 9.17) is 9.47 Å². The van der Waals surface area contributed by atoms with Gasteiger partial charge in [-0.05, 0) is 53.1 Å². The molecule has 1 saturated heterocycles. The predicted octanol–water partition coefficient (Wildman–Crippen LogP) is 6.20. The Labute approximate surface area is 262 Å². The van der Waals surface area contributed by atoms with Gasteiger partial charge in [0, 0.05) is 41.3 Å². The Morgan fingerprint density at radius 2 is 1.48 bits per heavy atom. The molecule has 0 saturated carbocycles. The van der Waals surface area contributed by atoms with Gasteiger partial charge in [-0.1, -0.05) is 73.7 Å². The third-order valence-electron chi connectivity index (χ3n) is 7.48. The zero-order valence-electron chi connectivity index (χ0n) is 24.6. The second-order valence-corrected chi connectivity index (χ2v) is 13.6. The first kappa shape index (κ1) is 31.9. The molecule has 1 fully saturated rings. The van der Waals surface area contributed by atoms with Crippen molar-refractivity contribution in [3.05, 3.63) is 125 Å². The molecule has 0 aromatic heterocycles. The number of hydrogen-bond donors (Lipinski definition) is 3. The van der Waals surface area contributed by atoms with Gasteiger partial charge in [0.25, 0.3) is 0 Å². The van der Waals surface area contributed by atoms with E-state index in [1.807, 2.05) is 72.8 Å². The lowest BCUT2D eigenvalue weighted by Crippen LogP contribution is -2.38. The fourth-order valence-electron chi connectivity index (χ4n) is 4.98. The summed E-state index contributed by atoms with van der Waals surface area (Å²) < 4.78 is 41.0. The maximum atomic E-state index is 12.6. The van der Waals surface area contributed by atoms with Crippen LogP contribution in [0.2, 0.25) is 0 Å². The molecule has 3 N–H and O–H groups in total. The molecule has 8 nitrogen and oxygen atoms in total. The summed E-state index contributed by atoms with van der Waals surface area (Å²) in [6.45, 7) is 3.73. The normalized spacial score (nSPS) is 20.2. The number of nitrogens with one attached hydrogen (secondary N) is 2.